The van der Waals surface area contributed by atoms with Crippen LogP contribution >= 0.6 is 0 Å². The number of hydrogen-bond acceptors (Lipinski definition) is 5. The van der Waals surface area contributed by atoms with Crippen molar-refractivity contribution < 1.29 is 4.74 Å². The molecule has 0 aliphatic carbocycles. The molecule has 1 aliphatic heterocycles. The van der Waals surface area contributed by atoms with Crippen molar-refractivity contribution in [2.45, 2.75) is 32.5 Å². The van der Waals surface area contributed by atoms with Gasteiger partial charge in [0.25, 0.3) is 0 Å². The molecule has 136 valence electrons. The van der Waals surface area contributed by atoms with Crippen LogP contribution in [0.25, 0.3) is 11.3 Å². The largest absolute Gasteiger partial charge is 0.372 e. The Labute approximate surface area is 152 Å². The average Bonchev–Trinajstić information content (AvgIpc) is 3.42. The van der Waals surface area contributed by atoms with Crippen molar-refractivity contribution in [1.82, 2.24) is 30.3 Å². The van der Waals surface area contributed by atoms with E-state index in [1.807, 2.05) is 35.4 Å². The average molecular weight is 352 g/mol. The molecule has 0 spiro atoms. The van der Waals surface area contributed by atoms with Crippen molar-refractivity contribution in [2.75, 3.05) is 13.2 Å². The van der Waals surface area contributed by atoms with Gasteiger partial charge in [0.05, 0.1) is 17.6 Å². The number of ether oxygens (including phenoxy) is 1. The van der Waals surface area contributed by atoms with E-state index in [9.17, 15) is 0 Å². The van der Waals surface area contributed by atoms with E-state index in [0.717, 1.165) is 49.5 Å². The van der Waals surface area contributed by atoms with Gasteiger partial charge in [-0.15, -0.1) is 0 Å². The fourth-order valence-corrected chi connectivity index (χ4v) is 3.62. The summed E-state index contributed by atoms with van der Waals surface area (Å²) in [5.41, 5.74) is 4.40. The van der Waals surface area contributed by atoms with Crippen LogP contribution < -0.4 is 5.32 Å². The summed E-state index contributed by atoms with van der Waals surface area (Å²) < 4.78 is 8.03. The lowest BCUT2D eigenvalue weighted by Crippen LogP contribution is -2.25. The number of nitrogens with zero attached hydrogens (tertiary/aromatic N) is 4. The number of hydrogen-bond donors (Lipinski definition) is 2. The second-order valence-corrected chi connectivity index (χ2v) is 6.55. The lowest BCUT2D eigenvalue weighted by Gasteiger charge is -2.20. The maximum absolute atomic E-state index is 6.01. The Bertz CT molecular complexity index is 827. The molecule has 0 unspecified atom stereocenters. The van der Waals surface area contributed by atoms with Gasteiger partial charge in [-0.3, -0.25) is 14.8 Å². The molecule has 26 heavy (non-hydrogen) atoms. The van der Waals surface area contributed by atoms with Gasteiger partial charge in [-0.2, -0.15) is 10.2 Å². The van der Waals surface area contributed by atoms with Crippen molar-refractivity contribution in [2.24, 2.45) is 5.92 Å². The summed E-state index contributed by atoms with van der Waals surface area (Å²) in [6.07, 6.45) is 8.55. The highest BCUT2D eigenvalue weighted by Crippen LogP contribution is 2.34. The predicted octanol–water partition coefficient (Wildman–Crippen LogP) is 2.56. The summed E-state index contributed by atoms with van der Waals surface area (Å²) in [5.74, 6) is 0.450. The maximum atomic E-state index is 6.01. The van der Waals surface area contributed by atoms with E-state index in [2.05, 4.69) is 38.6 Å². The molecule has 0 amide bonds. The Hall–Kier alpha value is -2.51. The van der Waals surface area contributed by atoms with Gasteiger partial charge < -0.3 is 10.1 Å². The third-order valence-corrected chi connectivity index (χ3v) is 4.94. The monoisotopic (exact) mass is 352 g/mol. The van der Waals surface area contributed by atoms with E-state index in [4.69, 9.17) is 4.74 Å². The molecule has 0 saturated carbocycles. The minimum Gasteiger partial charge on any atom is -0.372 e. The number of H-pyrrole nitrogens is 1. The molecule has 2 N–H and O–H groups in total. The third-order valence-electron chi connectivity index (χ3n) is 4.94. The molecular formula is C19H24N6O. The number of aromatic nitrogens is 5. The zero-order valence-corrected chi connectivity index (χ0v) is 14.9. The molecular weight excluding hydrogens is 328 g/mol. The Balaban J connectivity index is 1.39. The Kier molecular flexibility index (Phi) is 5.08. The van der Waals surface area contributed by atoms with E-state index in [1.54, 1.807) is 6.20 Å². The van der Waals surface area contributed by atoms with Crippen LogP contribution in [0, 0.1) is 5.92 Å². The minimum absolute atomic E-state index is 0.118. The van der Waals surface area contributed by atoms with Gasteiger partial charge in [0.15, 0.2) is 0 Å². The maximum Gasteiger partial charge on any atom is 0.103 e. The summed E-state index contributed by atoms with van der Waals surface area (Å²) >= 11 is 0. The first-order valence-electron chi connectivity index (χ1n) is 9.13. The number of aromatic amines is 1. The molecule has 0 aromatic carbocycles. The normalized spacial score (nSPS) is 19.9. The highest BCUT2D eigenvalue weighted by molar-refractivity contribution is 5.61. The summed E-state index contributed by atoms with van der Waals surface area (Å²) in [6.45, 7) is 5.44. The van der Waals surface area contributed by atoms with Gasteiger partial charge in [-0.1, -0.05) is 0 Å². The molecule has 4 rings (SSSR count). The first-order valence-corrected chi connectivity index (χ1v) is 9.13. The van der Waals surface area contributed by atoms with Gasteiger partial charge >= 0.3 is 0 Å². The van der Waals surface area contributed by atoms with E-state index in [1.165, 1.54) is 5.69 Å². The third kappa shape index (κ3) is 3.40. The lowest BCUT2D eigenvalue weighted by atomic mass is 9.98. The van der Waals surface area contributed by atoms with Crippen molar-refractivity contribution in [1.29, 1.82) is 0 Å². The van der Waals surface area contributed by atoms with Crippen LogP contribution in [-0.4, -0.2) is 38.1 Å². The first kappa shape index (κ1) is 16.9. The molecule has 3 aromatic heterocycles. The number of rotatable bonds is 7. The van der Waals surface area contributed by atoms with Gasteiger partial charge in [-0.05, 0) is 31.5 Å². The topological polar surface area (TPSA) is 80.6 Å². The van der Waals surface area contributed by atoms with Crippen LogP contribution in [0.15, 0.2) is 43.0 Å². The molecule has 1 saturated heterocycles. The molecule has 0 radical (unpaired) electrons. The van der Waals surface area contributed by atoms with E-state index in [-0.39, 0.29) is 6.10 Å². The quantitative estimate of drug-likeness (QED) is 0.683. The standard InChI is InChI=1S/C19H24N6O/c1-2-25-17(5-8-23-25)19-15(6-9-26-19)11-21-12-16-13-22-24-18(16)14-4-3-7-20-10-14/h3-5,7-8,10,13,15,19,21H,2,6,9,11-12H2,1H3,(H,22,24)/t15-,19+/m0/s1. The Morgan fingerprint density at radius 1 is 1.31 bits per heavy atom. The lowest BCUT2D eigenvalue weighted by molar-refractivity contribution is 0.0830. The van der Waals surface area contributed by atoms with Crippen LogP contribution in [0.2, 0.25) is 0 Å². The van der Waals surface area contributed by atoms with Crippen LogP contribution in [0.5, 0.6) is 0 Å². The Morgan fingerprint density at radius 2 is 2.27 bits per heavy atom. The van der Waals surface area contributed by atoms with Crippen molar-refractivity contribution in [3.05, 3.63) is 54.2 Å². The van der Waals surface area contributed by atoms with Gasteiger partial charge in [-0.25, -0.2) is 0 Å². The summed E-state index contributed by atoms with van der Waals surface area (Å²) in [7, 11) is 0. The van der Waals surface area contributed by atoms with Crippen molar-refractivity contribution in [3.63, 3.8) is 0 Å². The highest BCUT2D eigenvalue weighted by Gasteiger charge is 2.31. The van der Waals surface area contributed by atoms with Crippen molar-refractivity contribution >= 4 is 0 Å². The minimum atomic E-state index is 0.118. The zero-order chi connectivity index (χ0) is 17.8. The predicted molar refractivity (Wildman–Crippen MR) is 98.2 cm³/mol. The molecule has 7 heteroatoms. The van der Waals surface area contributed by atoms with Gasteiger partial charge in [0.2, 0.25) is 0 Å². The van der Waals surface area contributed by atoms with E-state index >= 15 is 0 Å². The number of nitrogens with one attached hydrogen (secondary N) is 2. The molecule has 1 aliphatic rings. The van der Waals surface area contributed by atoms with Crippen LogP contribution in [0.4, 0.5) is 0 Å². The molecule has 4 heterocycles. The van der Waals surface area contributed by atoms with Crippen LogP contribution in [0.1, 0.15) is 30.7 Å². The number of aryl methyl sites for hydroxylation is 1. The summed E-state index contributed by atoms with van der Waals surface area (Å²) in [4.78, 5) is 4.19. The number of pyridine rings is 1. The summed E-state index contributed by atoms with van der Waals surface area (Å²) in [5, 5.41) is 15.2. The highest BCUT2D eigenvalue weighted by atomic mass is 16.5. The SMILES string of the molecule is CCn1nccc1[C@@H]1OCC[C@H]1CNCc1cn[nH]c1-c1cccnc1. The van der Waals surface area contributed by atoms with Gasteiger partial charge in [0, 0.05) is 61.9 Å². The summed E-state index contributed by atoms with van der Waals surface area (Å²) in [6, 6.07) is 6.05. The first-order chi connectivity index (χ1) is 12.9. The zero-order valence-electron chi connectivity index (χ0n) is 14.9. The van der Waals surface area contributed by atoms with E-state index in [0.29, 0.717) is 5.92 Å². The van der Waals surface area contributed by atoms with Crippen LogP contribution in [-0.2, 0) is 17.8 Å². The fourth-order valence-electron chi connectivity index (χ4n) is 3.62. The van der Waals surface area contributed by atoms with Gasteiger partial charge in [0.1, 0.15) is 6.10 Å². The molecule has 1 fully saturated rings. The smallest absolute Gasteiger partial charge is 0.103 e. The van der Waals surface area contributed by atoms with E-state index < -0.39 is 0 Å². The molecule has 0 bridgehead atoms. The second kappa shape index (κ2) is 7.80. The molecule has 7 nitrogen and oxygen atoms in total. The Morgan fingerprint density at radius 3 is 3.12 bits per heavy atom. The van der Waals surface area contributed by atoms with Crippen molar-refractivity contribution in [3.8, 4) is 11.3 Å². The second-order valence-electron chi connectivity index (χ2n) is 6.55. The molecule has 2 atom stereocenters. The van der Waals surface area contributed by atoms with Crippen LogP contribution in [0.3, 0.4) is 0 Å². The fraction of sp³-hybridized carbons (Fsp3) is 0.421. The molecule has 3 aromatic rings.